The molecule has 0 saturated heterocycles. The third-order valence-corrected chi connectivity index (χ3v) is 5.84. The second-order valence-electron chi connectivity index (χ2n) is 8.04. The maximum atomic E-state index is 7.89. The van der Waals surface area contributed by atoms with E-state index in [1.807, 2.05) is 24.3 Å². The molecule has 0 unspecified atom stereocenters. The number of aromatic nitrogens is 1. The Morgan fingerprint density at radius 3 is 2.12 bits per heavy atom. The second-order valence-corrected chi connectivity index (χ2v) is 8.04. The molecule has 1 aromatic heterocycles. The third-order valence-electron chi connectivity index (χ3n) is 5.84. The fourth-order valence-corrected chi connectivity index (χ4v) is 4.17. The van der Waals surface area contributed by atoms with E-state index < -0.39 is 0 Å². The summed E-state index contributed by atoms with van der Waals surface area (Å²) in [6, 6.07) is 31.6. The van der Waals surface area contributed by atoms with Gasteiger partial charge in [0.15, 0.2) is 5.84 Å². The Balaban J connectivity index is 0.000000868. The van der Waals surface area contributed by atoms with E-state index in [2.05, 4.69) is 89.9 Å². The lowest BCUT2D eigenvalue weighted by Gasteiger charge is -2.09. The zero-order valence-electron chi connectivity index (χ0n) is 19.0. The van der Waals surface area contributed by atoms with E-state index in [0.717, 1.165) is 34.6 Å². The predicted molar refractivity (Wildman–Crippen MR) is 140 cm³/mol. The lowest BCUT2D eigenvalue weighted by atomic mass is 10.0. The van der Waals surface area contributed by atoms with Crippen molar-refractivity contribution in [1.82, 2.24) is 4.57 Å². The minimum absolute atomic E-state index is 0.0228. The number of hydrogen-bond donors (Lipinski definition) is 3. The van der Waals surface area contributed by atoms with Crippen molar-refractivity contribution >= 4 is 27.6 Å². The van der Waals surface area contributed by atoms with E-state index in [0.29, 0.717) is 5.56 Å². The first kappa shape index (κ1) is 22.7. The molecule has 0 aliphatic heterocycles. The van der Waals surface area contributed by atoms with Crippen molar-refractivity contribution in [2.24, 2.45) is 5.11 Å². The molecule has 0 bridgehead atoms. The molecule has 4 aromatic carbocycles. The maximum Gasteiger partial charge on any atom is 0.173 e. The molecule has 0 radical (unpaired) electrons. The van der Waals surface area contributed by atoms with Crippen LogP contribution in [0.25, 0.3) is 32.9 Å². The van der Waals surface area contributed by atoms with Crippen LogP contribution >= 0.6 is 0 Å². The van der Waals surface area contributed by atoms with Gasteiger partial charge < -0.3 is 9.67 Å². The standard InChI is InChI=1S/C27H22N4.C2H4O/c1-18-6-10-20(11-7-18)21-12-8-19(9-13-21)17-31-25-5-3-2-4-23(25)24-16-22(27(28)30-29)14-15-26(24)31;1-2-3/h2-16,28-29H,17H2,1H3;2-3H,1H2. The Morgan fingerprint density at radius 2 is 1.47 bits per heavy atom. The van der Waals surface area contributed by atoms with E-state index in [1.165, 1.54) is 22.3 Å². The average molecular weight is 447 g/mol. The molecule has 34 heavy (non-hydrogen) atoms. The number of rotatable bonds is 4. The summed E-state index contributed by atoms with van der Waals surface area (Å²) in [5.41, 5.74) is 15.0. The van der Waals surface area contributed by atoms with E-state index in [-0.39, 0.29) is 5.84 Å². The van der Waals surface area contributed by atoms with Gasteiger partial charge in [-0.25, -0.2) is 5.53 Å². The number of hydrogen-bond acceptors (Lipinski definition) is 3. The number of aliphatic hydroxyl groups excluding tert-OH is 1. The summed E-state index contributed by atoms with van der Waals surface area (Å²) >= 11 is 0. The number of benzene rings is 4. The van der Waals surface area contributed by atoms with E-state index in [4.69, 9.17) is 16.0 Å². The number of para-hydroxylation sites is 1. The van der Waals surface area contributed by atoms with Crippen molar-refractivity contribution in [2.75, 3.05) is 0 Å². The molecule has 1 heterocycles. The van der Waals surface area contributed by atoms with Gasteiger partial charge in [0.2, 0.25) is 0 Å². The van der Waals surface area contributed by atoms with Crippen LogP contribution in [-0.4, -0.2) is 15.5 Å². The van der Waals surface area contributed by atoms with Gasteiger partial charge in [0.25, 0.3) is 0 Å². The minimum atomic E-state index is -0.0228. The molecule has 0 aliphatic carbocycles. The lowest BCUT2D eigenvalue weighted by molar-refractivity contribution is 0.476. The van der Waals surface area contributed by atoms with Gasteiger partial charge in [0.05, 0.1) is 6.26 Å². The zero-order chi connectivity index (χ0) is 24.1. The Hall–Kier alpha value is -4.51. The molecule has 0 saturated carbocycles. The van der Waals surface area contributed by atoms with Gasteiger partial charge in [-0.15, -0.1) is 5.11 Å². The molecule has 0 fully saturated rings. The van der Waals surface area contributed by atoms with Crippen LogP contribution in [0.3, 0.4) is 0 Å². The molecule has 0 amide bonds. The summed E-state index contributed by atoms with van der Waals surface area (Å²) in [4.78, 5) is 0. The quantitative estimate of drug-likeness (QED) is 0.112. The van der Waals surface area contributed by atoms with Gasteiger partial charge in [-0.1, -0.05) is 78.9 Å². The number of aryl methyl sites for hydroxylation is 1. The highest BCUT2D eigenvalue weighted by atomic mass is 16.2. The van der Waals surface area contributed by atoms with Gasteiger partial charge in [0, 0.05) is 33.9 Å². The summed E-state index contributed by atoms with van der Waals surface area (Å²) in [5.74, 6) is -0.0228. The zero-order valence-corrected chi connectivity index (χ0v) is 19.0. The first-order valence-electron chi connectivity index (χ1n) is 10.9. The number of nitrogens with one attached hydrogen (secondary N) is 2. The van der Waals surface area contributed by atoms with Crippen molar-refractivity contribution in [1.29, 1.82) is 10.9 Å². The topological polar surface area (TPSA) is 85.2 Å². The number of fused-ring (bicyclic) bond motifs is 3. The summed E-state index contributed by atoms with van der Waals surface area (Å²) in [5, 5.41) is 20.7. The van der Waals surface area contributed by atoms with Crippen LogP contribution in [0.5, 0.6) is 0 Å². The monoisotopic (exact) mass is 446 g/mol. The van der Waals surface area contributed by atoms with E-state index >= 15 is 0 Å². The number of amidine groups is 1. The van der Waals surface area contributed by atoms with Crippen LogP contribution in [0.4, 0.5) is 0 Å². The van der Waals surface area contributed by atoms with Crippen molar-refractivity contribution in [2.45, 2.75) is 13.5 Å². The number of nitrogens with zero attached hydrogens (tertiary/aromatic N) is 2. The molecule has 0 atom stereocenters. The summed E-state index contributed by atoms with van der Waals surface area (Å²) in [6.45, 7) is 5.78. The molecule has 0 spiro atoms. The number of aliphatic hydroxyl groups is 1. The normalized spacial score (nSPS) is 10.5. The van der Waals surface area contributed by atoms with Crippen molar-refractivity contribution in [3.63, 3.8) is 0 Å². The largest absolute Gasteiger partial charge is 0.516 e. The van der Waals surface area contributed by atoms with Crippen molar-refractivity contribution < 1.29 is 5.11 Å². The Bertz CT molecular complexity index is 1480. The SMILES string of the molecule is C=CO.Cc1ccc(-c2ccc(Cn3c4ccccc4c4cc(C(=N)N=N)ccc43)cc2)cc1. The van der Waals surface area contributed by atoms with Crippen LogP contribution in [0, 0.1) is 17.9 Å². The van der Waals surface area contributed by atoms with Gasteiger partial charge in [0.1, 0.15) is 0 Å². The smallest absolute Gasteiger partial charge is 0.173 e. The summed E-state index contributed by atoms with van der Waals surface area (Å²) in [6.07, 6.45) is 0.750. The minimum Gasteiger partial charge on any atom is -0.516 e. The van der Waals surface area contributed by atoms with Crippen LogP contribution in [-0.2, 0) is 6.54 Å². The van der Waals surface area contributed by atoms with Crippen molar-refractivity contribution in [3.05, 3.63) is 121 Å². The molecular formula is C29H26N4O. The first-order chi connectivity index (χ1) is 16.5. The fourth-order valence-electron chi connectivity index (χ4n) is 4.17. The molecule has 5 heteroatoms. The highest BCUT2D eigenvalue weighted by molar-refractivity contribution is 6.11. The Labute approximate surface area is 198 Å². The summed E-state index contributed by atoms with van der Waals surface area (Å²) < 4.78 is 2.32. The maximum absolute atomic E-state index is 7.89. The molecule has 5 nitrogen and oxygen atoms in total. The third kappa shape index (κ3) is 4.50. The molecule has 168 valence electrons. The van der Waals surface area contributed by atoms with Gasteiger partial charge in [-0.05, 0) is 47.9 Å². The molecule has 0 aliphatic rings. The van der Waals surface area contributed by atoms with Gasteiger partial charge >= 0.3 is 0 Å². The van der Waals surface area contributed by atoms with E-state index in [9.17, 15) is 0 Å². The molecule has 5 rings (SSSR count). The average Bonchev–Trinajstić information content (AvgIpc) is 3.18. The molecular weight excluding hydrogens is 420 g/mol. The second kappa shape index (κ2) is 9.96. The predicted octanol–water partition coefficient (Wildman–Crippen LogP) is 7.86. The molecule has 5 aromatic rings. The van der Waals surface area contributed by atoms with Crippen molar-refractivity contribution in [3.8, 4) is 11.1 Å². The highest BCUT2D eigenvalue weighted by Crippen LogP contribution is 2.31. The highest BCUT2D eigenvalue weighted by Gasteiger charge is 2.12. The van der Waals surface area contributed by atoms with Crippen LogP contribution < -0.4 is 0 Å². The Morgan fingerprint density at radius 1 is 0.882 bits per heavy atom. The van der Waals surface area contributed by atoms with Gasteiger partial charge in [-0.3, -0.25) is 5.41 Å². The fraction of sp³-hybridized carbons (Fsp3) is 0.0690. The van der Waals surface area contributed by atoms with Crippen LogP contribution in [0.1, 0.15) is 16.7 Å². The Kier molecular flexibility index (Phi) is 6.64. The molecule has 3 N–H and O–H groups in total. The van der Waals surface area contributed by atoms with Crippen LogP contribution in [0.15, 0.2) is 109 Å². The van der Waals surface area contributed by atoms with Crippen LogP contribution in [0.2, 0.25) is 0 Å². The van der Waals surface area contributed by atoms with Gasteiger partial charge in [-0.2, -0.15) is 0 Å². The lowest BCUT2D eigenvalue weighted by Crippen LogP contribution is -2.00. The summed E-state index contributed by atoms with van der Waals surface area (Å²) in [7, 11) is 0. The van der Waals surface area contributed by atoms with E-state index in [1.54, 1.807) is 0 Å². The first-order valence-corrected chi connectivity index (χ1v) is 10.9.